The van der Waals surface area contributed by atoms with Gasteiger partial charge in [0.15, 0.2) is 15.0 Å². The molecule has 32 heavy (non-hydrogen) atoms. The number of sulfone groups is 1. The van der Waals surface area contributed by atoms with E-state index in [0.717, 1.165) is 37.0 Å². The molecule has 4 rings (SSSR count). The van der Waals surface area contributed by atoms with Crippen LogP contribution in [0.5, 0.6) is 0 Å². The Morgan fingerprint density at radius 1 is 1.16 bits per heavy atom. The van der Waals surface area contributed by atoms with Crippen molar-refractivity contribution < 1.29 is 18.0 Å². The van der Waals surface area contributed by atoms with Crippen molar-refractivity contribution in [2.24, 2.45) is 0 Å². The van der Waals surface area contributed by atoms with Crippen LogP contribution in [-0.4, -0.2) is 89.4 Å². The summed E-state index contributed by atoms with van der Waals surface area (Å²) in [6, 6.07) is 0.0521. The van der Waals surface area contributed by atoms with E-state index in [0.29, 0.717) is 19.0 Å². The monoisotopic (exact) mass is 484 g/mol. The first-order chi connectivity index (χ1) is 15.4. The highest BCUT2D eigenvalue weighted by molar-refractivity contribution is 7.99. The second-order valence-corrected chi connectivity index (χ2v) is 12.0. The number of anilines is 1. The lowest BCUT2D eigenvalue weighted by molar-refractivity contribution is -0.134. The Morgan fingerprint density at radius 2 is 1.91 bits per heavy atom. The van der Waals surface area contributed by atoms with Gasteiger partial charge in [0.2, 0.25) is 17.8 Å². The minimum Gasteiger partial charge on any atom is -0.351 e. The molecule has 1 aromatic heterocycles. The average Bonchev–Trinajstić information content (AvgIpc) is 3.43. The molecule has 0 bridgehead atoms. The van der Waals surface area contributed by atoms with Crippen LogP contribution in [-0.2, 0) is 19.4 Å². The van der Waals surface area contributed by atoms with E-state index in [1.807, 2.05) is 6.92 Å². The maximum absolute atomic E-state index is 12.8. The zero-order valence-electron chi connectivity index (χ0n) is 18.5. The van der Waals surface area contributed by atoms with Crippen molar-refractivity contribution in [2.75, 3.05) is 48.3 Å². The first-order valence-corrected chi connectivity index (χ1v) is 14.3. The molecule has 0 aromatic carbocycles. The summed E-state index contributed by atoms with van der Waals surface area (Å²) in [5.74, 6) is 0.721. The molecule has 1 atom stereocenters. The highest BCUT2D eigenvalue weighted by Crippen LogP contribution is 2.41. The van der Waals surface area contributed by atoms with Crippen LogP contribution in [0, 0.1) is 0 Å². The van der Waals surface area contributed by atoms with Crippen molar-refractivity contribution >= 4 is 39.4 Å². The number of nitrogens with zero attached hydrogens (tertiary/aromatic N) is 5. The van der Waals surface area contributed by atoms with Gasteiger partial charge in [0.05, 0.1) is 23.8 Å². The molecule has 2 amide bonds. The van der Waals surface area contributed by atoms with E-state index in [9.17, 15) is 18.0 Å². The van der Waals surface area contributed by atoms with E-state index in [1.54, 1.807) is 0 Å². The summed E-state index contributed by atoms with van der Waals surface area (Å²) in [5.41, 5.74) is 0. The molecule has 1 unspecified atom stereocenters. The van der Waals surface area contributed by atoms with Gasteiger partial charge in [-0.1, -0.05) is 11.8 Å². The summed E-state index contributed by atoms with van der Waals surface area (Å²) in [6.07, 6.45) is 6.23. The van der Waals surface area contributed by atoms with Gasteiger partial charge in [0.25, 0.3) is 0 Å². The lowest BCUT2D eigenvalue weighted by Gasteiger charge is -2.27. The topological polar surface area (TPSA) is 118 Å². The Labute approximate surface area is 193 Å². The van der Waals surface area contributed by atoms with Crippen molar-refractivity contribution in [3.8, 4) is 0 Å². The molecule has 0 radical (unpaired) electrons. The highest BCUT2D eigenvalue weighted by atomic mass is 32.2. The number of hydrogen-bond acceptors (Lipinski definition) is 8. The number of nitrogens with one attached hydrogen (secondary N) is 1. The summed E-state index contributed by atoms with van der Waals surface area (Å²) >= 11 is 1.37. The molecule has 1 aromatic rings. The predicted octanol–water partition coefficient (Wildman–Crippen LogP) is 0.847. The van der Waals surface area contributed by atoms with Crippen molar-refractivity contribution in [3.63, 3.8) is 0 Å². The normalized spacial score (nSPS) is 22.7. The molecular formula is C20H32N6O4S2. The van der Waals surface area contributed by atoms with Gasteiger partial charge in [0, 0.05) is 31.7 Å². The zero-order valence-corrected chi connectivity index (χ0v) is 20.2. The van der Waals surface area contributed by atoms with Crippen molar-refractivity contribution in [3.05, 3.63) is 0 Å². The third-order valence-corrected chi connectivity index (χ3v) is 8.88. The average molecular weight is 485 g/mol. The van der Waals surface area contributed by atoms with Crippen LogP contribution in [0.3, 0.4) is 0 Å². The van der Waals surface area contributed by atoms with E-state index < -0.39 is 9.84 Å². The Bertz CT molecular complexity index is 940. The maximum atomic E-state index is 12.8. The van der Waals surface area contributed by atoms with Gasteiger partial charge in [-0.05, 0) is 45.4 Å². The van der Waals surface area contributed by atoms with Crippen molar-refractivity contribution in [1.29, 1.82) is 0 Å². The summed E-state index contributed by atoms with van der Waals surface area (Å²) in [5, 5.41) is 12.3. The summed E-state index contributed by atoms with van der Waals surface area (Å²) in [6.45, 7) is 4.16. The second-order valence-electron chi connectivity index (χ2n) is 8.80. The molecule has 10 nitrogen and oxygen atoms in total. The molecule has 2 saturated heterocycles. The van der Waals surface area contributed by atoms with E-state index in [-0.39, 0.29) is 41.7 Å². The molecule has 2 aliphatic heterocycles. The van der Waals surface area contributed by atoms with Gasteiger partial charge >= 0.3 is 0 Å². The smallest absolute Gasteiger partial charge is 0.239 e. The molecular weight excluding hydrogens is 452 g/mol. The fourth-order valence-electron chi connectivity index (χ4n) is 4.28. The van der Waals surface area contributed by atoms with Gasteiger partial charge in [-0.15, -0.1) is 10.2 Å². The number of amides is 2. The minimum absolute atomic E-state index is 0.0230. The Balaban J connectivity index is 1.32. The molecule has 0 spiro atoms. The van der Waals surface area contributed by atoms with E-state index in [2.05, 4.69) is 25.0 Å². The van der Waals surface area contributed by atoms with Crippen molar-refractivity contribution in [1.82, 2.24) is 25.0 Å². The standard InChI is InChI=1S/C20H32N6O4S2/c1-2-24(12-17(27)21-15-8-11-32(29,30)14-15)18(28)13-31-20-23-22-19(26(20)16-6-7-16)25-9-4-3-5-10-25/h15-16H,2-14H2,1H3,(H,21,27). The molecule has 3 heterocycles. The Morgan fingerprint density at radius 3 is 2.53 bits per heavy atom. The summed E-state index contributed by atoms with van der Waals surface area (Å²) < 4.78 is 25.3. The predicted molar refractivity (Wildman–Crippen MR) is 123 cm³/mol. The SMILES string of the molecule is CCN(CC(=O)NC1CCS(=O)(=O)C1)C(=O)CSc1nnc(N2CCCCC2)n1C1CC1. The third-order valence-electron chi connectivity index (χ3n) is 6.19. The molecule has 178 valence electrons. The second kappa shape index (κ2) is 9.98. The third kappa shape index (κ3) is 5.75. The van der Waals surface area contributed by atoms with Crippen LogP contribution in [0.25, 0.3) is 0 Å². The first kappa shape index (κ1) is 23.3. The quantitative estimate of drug-likeness (QED) is 0.513. The molecule has 12 heteroatoms. The van der Waals surface area contributed by atoms with Crippen LogP contribution in [0.2, 0.25) is 0 Å². The number of rotatable bonds is 9. The molecule has 3 fully saturated rings. The first-order valence-electron chi connectivity index (χ1n) is 11.5. The Kier molecular flexibility index (Phi) is 7.28. The molecule has 1 N–H and O–H groups in total. The minimum atomic E-state index is -3.06. The van der Waals surface area contributed by atoms with Gasteiger partial charge in [0.1, 0.15) is 0 Å². The number of thioether (sulfide) groups is 1. The van der Waals surface area contributed by atoms with Crippen LogP contribution >= 0.6 is 11.8 Å². The molecule has 1 aliphatic carbocycles. The van der Waals surface area contributed by atoms with Gasteiger partial charge < -0.3 is 15.1 Å². The molecule has 3 aliphatic rings. The number of hydrogen-bond donors (Lipinski definition) is 1. The highest BCUT2D eigenvalue weighted by Gasteiger charge is 2.33. The van der Waals surface area contributed by atoms with Crippen molar-refractivity contribution in [2.45, 2.75) is 62.7 Å². The fourth-order valence-corrected chi connectivity index (χ4v) is 6.86. The lowest BCUT2D eigenvalue weighted by atomic mass is 10.1. The largest absolute Gasteiger partial charge is 0.351 e. The number of carbonyl (C=O) groups is 2. The molecule has 1 saturated carbocycles. The van der Waals surface area contributed by atoms with Crippen LogP contribution < -0.4 is 10.2 Å². The van der Waals surface area contributed by atoms with Crippen LogP contribution in [0.4, 0.5) is 5.95 Å². The van der Waals surface area contributed by atoms with Crippen LogP contribution in [0.1, 0.15) is 51.5 Å². The summed E-state index contributed by atoms with van der Waals surface area (Å²) in [7, 11) is -3.06. The zero-order chi connectivity index (χ0) is 22.7. The van der Waals surface area contributed by atoms with Gasteiger partial charge in [-0.25, -0.2) is 8.42 Å². The van der Waals surface area contributed by atoms with Gasteiger partial charge in [-0.2, -0.15) is 0 Å². The lowest BCUT2D eigenvalue weighted by Crippen LogP contribution is -2.45. The van der Waals surface area contributed by atoms with E-state index >= 15 is 0 Å². The van der Waals surface area contributed by atoms with E-state index in [4.69, 9.17) is 0 Å². The number of aromatic nitrogens is 3. The number of likely N-dealkylation sites (N-methyl/N-ethyl adjacent to an activating group) is 1. The maximum Gasteiger partial charge on any atom is 0.239 e. The Hall–Kier alpha value is -1.82. The number of piperidine rings is 1. The van der Waals surface area contributed by atoms with Crippen LogP contribution in [0.15, 0.2) is 5.16 Å². The fraction of sp³-hybridized carbons (Fsp3) is 0.800. The van der Waals surface area contributed by atoms with Gasteiger partial charge in [-0.3, -0.25) is 14.2 Å². The number of carbonyl (C=O) groups excluding carboxylic acids is 2. The van der Waals surface area contributed by atoms with E-state index in [1.165, 1.54) is 35.9 Å². The summed E-state index contributed by atoms with van der Waals surface area (Å²) in [4.78, 5) is 28.9.